The summed E-state index contributed by atoms with van der Waals surface area (Å²) in [5, 5.41) is 3.35. The van der Waals surface area contributed by atoms with Crippen molar-refractivity contribution in [3.63, 3.8) is 0 Å². The van der Waals surface area contributed by atoms with Gasteiger partial charge in [-0.1, -0.05) is 12.1 Å². The number of nitrogens with zero attached hydrogens (tertiary/aromatic N) is 1. The first-order valence-electron chi connectivity index (χ1n) is 6.79. The van der Waals surface area contributed by atoms with E-state index in [0.717, 1.165) is 24.9 Å². The molecule has 1 amide bonds. The minimum Gasteiger partial charge on any atom is -0.341 e. The highest BCUT2D eigenvalue weighted by atomic mass is 19.1. The third-order valence-corrected chi connectivity index (χ3v) is 3.68. The lowest BCUT2D eigenvalue weighted by molar-refractivity contribution is -0.135. The minimum atomic E-state index is -0.245. The Kier molecular flexibility index (Phi) is 4.53. The van der Waals surface area contributed by atoms with Gasteiger partial charge in [0.2, 0.25) is 5.91 Å². The Labute approximate surface area is 113 Å². The molecule has 0 radical (unpaired) electrons. The zero-order chi connectivity index (χ0) is 13.8. The van der Waals surface area contributed by atoms with Gasteiger partial charge in [0.1, 0.15) is 5.82 Å². The maximum Gasteiger partial charge on any atom is 0.225 e. The van der Waals surface area contributed by atoms with Gasteiger partial charge < -0.3 is 10.2 Å². The highest BCUT2D eigenvalue weighted by Gasteiger charge is 2.26. The van der Waals surface area contributed by atoms with Gasteiger partial charge >= 0.3 is 0 Å². The van der Waals surface area contributed by atoms with Crippen LogP contribution in [0.25, 0.3) is 0 Å². The third-order valence-electron chi connectivity index (χ3n) is 3.68. The van der Waals surface area contributed by atoms with Gasteiger partial charge in [0.05, 0.1) is 0 Å². The number of rotatable bonds is 3. The summed E-state index contributed by atoms with van der Waals surface area (Å²) in [7, 11) is 1.82. The maximum absolute atomic E-state index is 12.8. The molecule has 1 aliphatic heterocycles. The van der Waals surface area contributed by atoms with Crippen LogP contribution in [0.1, 0.15) is 25.3 Å². The molecule has 2 atom stereocenters. The van der Waals surface area contributed by atoms with Gasteiger partial charge in [0, 0.05) is 25.6 Å². The van der Waals surface area contributed by atoms with E-state index in [1.165, 1.54) is 12.1 Å². The van der Waals surface area contributed by atoms with Gasteiger partial charge in [-0.25, -0.2) is 4.39 Å². The van der Waals surface area contributed by atoms with Crippen LogP contribution in [0.2, 0.25) is 0 Å². The van der Waals surface area contributed by atoms with Crippen LogP contribution in [-0.4, -0.2) is 30.4 Å². The SMILES string of the molecule is CC1CC(C(=O)N(C)Cc2ccc(F)cc2)CCN1. The fraction of sp³-hybridized carbons (Fsp3) is 0.533. The van der Waals surface area contributed by atoms with E-state index in [4.69, 9.17) is 0 Å². The number of carbonyl (C=O) groups excluding carboxylic acids is 1. The summed E-state index contributed by atoms with van der Waals surface area (Å²) in [5.74, 6) is 0.0595. The molecule has 2 rings (SSSR count). The normalized spacial score (nSPS) is 23.1. The Morgan fingerprint density at radius 3 is 2.74 bits per heavy atom. The zero-order valence-electron chi connectivity index (χ0n) is 11.5. The molecular weight excluding hydrogens is 243 g/mol. The van der Waals surface area contributed by atoms with Gasteiger partial charge in [0.25, 0.3) is 0 Å². The molecule has 0 aromatic heterocycles. The molecule has 1 heterocycles. The van der Waals surface area contributed by atoms with E-state index < -0.39 is 0 Å². The molecule has 0 bridgehead atoms. The van der Waals surface area contributed by atoms with Gasteiger partial charge in [-0.05, 0) is 44.0 Å². The van der Waals surface area contributed by atoms with Crippen LogP contribution in [0.5, 0.6) is 0 Å². The van der Waals surface area contributed by atoms with Crippen LogP contribution >= 0.6 is 0 Å². The Morgan fingerprint density at radius 2 is 2.11 bits per heavy atom. The molecule has 0 saturated carbocycles. The Bertz CT molecular complexity index is 432. The lowest BCUT2D eigenvalue weighted by Crippen LogP contribution is -2.42. The number of benzene rings is 1. The summed E-state index contributed by atoms with van der Waals surface area (Å²) < 4.78 is 12.8. The molecular formula is C15H21FN2O. The number of amides is 1. The fourth-order valence-electron chi connectivity index (χ4n) is 2.61. The van der Waals surface area contributed by atoms with Gasteiger partial charge in [-0.3, -0.25) is 4.79 Å². The van der Waals surface area contributed by atoms with Crippen molar-refractivity contribution in [3.8, 4) is 0 Å². The highest BCUT2D eigenvalue weighted by molar-refractivity contribution is 5.78. The van der Waals surface area contributed by atoms with Gasteiger partial charge in [0.15, 0.2) is 0 Å². The first-order chi connectivity index (χ1) is 9.06. The van der Waals surface area contributed by atoms with Crippen LogP contribution in [0, 0.1) is 11.7 Å². The molecule has 1 aromatic carbocycles. The first kappa shape index (κ1) is 14.0. The molecule has 1 aliphatic rings. The van der Waals surface area contributed by atoms with Crippen molar-refractivity contribution in [1.82, 2.24) is 10.2 Å². The van der Waals surface area contributed by atoms with Crippen LogP contribution < -0.4 is 5.32 Å². The predicted molar refractivity (Wildman–Crippen MR) is 73.1 cm³/mol. The summed E-state index contributed by atoms with van der Waals surface area (Å²) in [5.41, 5.74) is 0.958. The van der Waals surface area contributed by atoms with E-state index in [9.17, 15) is 9.18 Å². The summed E-state index contributed by atoms with van der Waals surface area (Å²) in [6.07, 6.45) is 1.80. The van der Waals surface area contributed by atoms with E-state index >= 15 is 0 Å². The largest absolute Gasteiger partial charge is 0.341 e. The van der Waals surface area contributed by atoms with Crippen molar-refractivity contribution in [2.75, 3.05) is 13.6 Å². The summed E-state index contributed by atoms with van der Waals surface area (Å²) in [4.78, 5) is 14.1. The van der Waals surface area contributed by atoms with Crippen LogP contribution in [-0.2, 0) is 11.3 Å². The second-order valence-corrected chi connectivity index (χ2v) is 5.40. The second-order valence-electron chi connectivity index (χ2n) is 5.40. The molecule has 4 heteroatoms. The number of nitrogens with one attached hydrogen (secondary N) is 1. The molecule has 1 N–H and O–H groups in total. The number of piperidine rings is 1. The lowest BCUT2D eigenvalue weighted by Gasteiger charge is -2.30. The van der Waals surface area contributed by atoms with Crippen molar-refractivity contribution in [2.24, 2.45) is 5.92 Å². The van der Waals surface area contributed by atoms with E-state index in [2.05, 4.69) is 12.2 Å². The molecule has 0 spiro atoms. The van der Waals surface area contributed by atoms with Gasteiger partial charge in [-0.15, -0.1) is 0 Å². The standard InChI is InChI=1S/C15H21FN2O/c1-11-9-13(7-8-17-11)15(19)18(2)10-12-3-5-14(16)6-4-12/h3-6,11,13,17H,7-10H2,1-2H3. The molecule has 1 fully saturated rings. The second kappa shape index (κ2) is 6.15. The Morgan fingerprint density at radius 1 is 1.42 bits per heavy atom. The Hall–Kier alpha value is -1.42. The summed E-state index contributed by atoms with van der Waals surface area (Å²) in [6, 6.07) is 6.72. The zero-order valence-corrected chi connectivity index (χ0v) is 11.5. The lowest BCUT2D eigenvalue weighted by atomic mass is 9.92. The van der Waals surface area contributed by atoms with Crippen LogP contribution in [0.3, 0.4) is 0 Å². The smallest absolute Gasteiger partial charge is 0.225 e. The number of hydrogen-bond donors (Lipinski definition) is 1. The molecule has 1 saturated heterocycles. The minimum absolute atomic E-state index is 0.113. The molecule has 3 nitrogen and oxygen atoms in total. The maximum atomic E-state index is 12.8. The van der Waals surface area contributed by atoms with Crippen molar-refractivity contribution >= 4 is 5.91 Å². The van der Waals surface area contributed by atoms with Crippen molar-refractivity contribution in [2.45, 2.75) is 32.4 Å². The molecule has 0 aliphatic carbocycles. The quantitative estimate of drug-likeness (QED) is 0.907. The number of hydrogen-bond acceptors (Lipinski definition) is 2. The van der Waals surface area contributed by atoms with Crippen LogP contribution in [0.4, 0.5) is 4.39 Å². The average Bonchev–Trinajstić information content (AvgIpc) is 2.40. The topological polar surface area (TPSA) is 32.3 Å². The predicted octanol–water partition coefficient (Wildman–Crippen LogP) is 2.17. The fourth-order valence-corrected chi connectivity index (χ4v) is 2.61. The van der Waals surface area contributed by atoms with E-state index in [1.807, 2.05) is 7.05 Å². The molecule has 2 unspecified atom stereocenters. The number of carbonyl (C=O) groups is 1. The third kappa shape index (κ3) is 3.77. The highest BCUT2D eigenvalue weighted by Crippen LogP contribution is 2.19. The number of halogens is 1. The van der Waals surface area contributed by atoms with Crippen molar-refractivity contribution < 1.29 is 9.18 Å². The summed E-state index contributed by atoms with van der Waals surface area (Å²) in [6.45, 7) is 3.55. The van der Waals surface area contributed by atoms with E-state index in [1.54, 1.807) is 17.0 Å². The monoisotopic (exact) mass is 264 g/mol. The van der Waals surface area contributed by atoms with E-state index in [-0.39, 0.29) is 17.6 Å². The van der Waals surface area contributed by atoms with E-state index in [0.29, 0.717) is 12.6 Å². The Balaban J connectivity index is 1.93. The summed E-state index contributed by atoms with van der Waals surface area (Å²) >= 11 is 0. The van der Waals surface area contributed by atoms with Crippen molar-refractivity contribution in [3.05, 3.63) is 35.6 Å². The molecule has 104 valence electrons. The van der Waals surface area contributed by atoms with Gasteiger partial charge in [-0.2, -0.15) is 0 Å². The van der Waals surface area contributed by atoms with Crippen molar-refractivity contribution in [1.29, 1.82) is 0 Å². The first-order valence-corrected chi connectivity index (χ1v) is 6.79. The molecule has 19 heavy (non-hydrogen) atoms. The average molecular weight is 264 g/mol. The molecule has 1 aromatic rings. The van der Waals surface area contributed by atoms with Crippen LogP contribution in [0.15, 0.2) is 24.3 Å².